The standard InChI is InChI=1S/C11H15NO4/c13-6-7-16-11(15)12-8-10(14)9-4-2-1-3-5-9/h1-5,10,13-14H,6-8H2,(H,12,15). The quantitative estimate of drug-likeness (QED) is 0.679. The zero-order valence-electron chi connectivity index (χ0n) is 8.80. The first kappa shape index (κ1) is 12.5. The Morgan fingerprint density at radius 2 is 2.06 bits per heavy atom. The van der Waals surface area contributed by atoms with E-state index >= 15 is 0 Å². The molecule has 0 aliphatic carbocycles. The molecule has 0 fully saturated rings. The minimum Gasteiger partial charge on any atom is -0.447 e. The van der Waals surface area contributed by atoms with Crippen LogP contribution in [0.1, 0.15) is 11.7 Å². The average Bonchev–Trinajstić information content (AvgIpc) is 2.34. The summed E-state index contributed by atoms with van der Waals surface area (Å²) < 4.78 is 4.57. The smallest absolute Gasteiger partial charge is 0.407 e. The van der Waals surface area contributed by atoms with Gasteiger partial charge in [0.1, 0.15) is 6.61 Å². The first-order valence-corrected chi connectivity index (χ1v) is 4.98. The zero-order chi connectivity index (χ0) is 11.8. The highest BCUT2D eigenvalue weighted by molar-refractivity contribution is 5.67. The summed E-state index contributed by atoms with van der Waals surface area (Å²) in [5, 5.41) is 20.5. The number of benzene rings is 1. The number of nitrogens with one attached hydrogen (secondary N) is 1. The highest BCUT2D eigenvalue weighted by Crippen LogP contribution is 2.10. The van der Waals surface area contributed by atoms with Crippen LogP contribution < -0.4 is 5.32 Å². The van der Waals surface area contributed by atoms with Crippen molar-refractivity contribution in [3.8, 4) is 0 Å². The van der Waals surface area contributed by atoms with Gasteiger partial charge < -0.3 is 20.3 Å². The fraction of sp³-hybridized carbons (Fsp3) is 0.364. The summed E-state index contributed by atoms with van der Waals surface area (Å²) >= 11 is 0. The molecular weight excluding hydrogens is 210 g/mol. The molecule has 0 heterocycles. The van der Waals surface area contributed by atoms with E-state index in [1.54, 1.807) is 12.1 Å². The van der Waals surface area contributed by atoms with Gasteiger partial charge in [-0.25, -0.2) is 4.79 Å². The molecule has 16 heavy (non-hydrogen) atoms. The van der Waals surface area contributed by atoms with Gasteiger partial charge >= 0.3 is 6.09 Å². The van der Waals surface area contributed by atoms with Gasteiger partial charge in [-0.1, -0.05) is 30.3 Å². The highest BCUT2D eigenvalue weighted by atomic mass is 16.6. The van der Waals surface area contributed by atoms with Crippen molar-refractivity contribution in [2.24, 2.45) is 0 Å². The van der Waals surface area contributed by atoms with E-state index in [1.807, 2.05) is 18.2 Å². The molecule has 0 radical (unpaired) electrons. The number of ether oxygens (including phenoxy) is 1. The Labute approximate surface area is 93.7 Å². The Morgan fingerprint density at radius 1 is 1.38 bits per heavy atom. The number of hydrogen-bond donors (Lipinski definition) is 3. The molecule has 0 aliphatic rings. The molecule has 1 unspecified atom stereocenters. The van der Waals surface area contributed by atoms with E-state index in [1.165, 1.54) is 0 Å². The van der Waals surface area contributed by atoms with E-state index in [0.717, 1.165) is 5.56 Å². The fourth-order valence-electron chi connectivity index (χ4n) is 1.16. The number of amides is 1. The molecule has 0 saturated heterocycles. The van der Waals surface area contributed by atoms with Gasteiger partial charge in [-0.2, -0.15) is 0 Å². The highest BCUT2D eigenvalue weighted by Gasteiger charge is 2.08. The second-order valence-electron chi connectivity index (χ2n) is 3.17. The number of aliphatic hydroxyl groups is 2. The van der Waals surface area contributed by atoms with Gasteiger partial charge in [0.25, 0.3) is 0 Å². The third-order valence-corrected chi connectivity index (χ3v) is 1.95. The van der Waals surface area contributed by atoms with Crippen molar-refractivity contribution in [1.82, 2.24) is 5.32 Å². The molecule has 5 nitrogen and oxygen atoms in total. The van der Waals surface area contributed by atoms with Gasteiger partial charge in [-0.3, -0.25) is 0 Å². The maximum Gasteiger partial charge on any atom is 0.407 e. The lowest BCUT2D eigenvalue weighted by Gasteiger charge is -2.11. The van der Waals surface area contributed by atoms with Crippen LogP contribution in [0.3, 0.4) is 0 Å². The van der Waals surface area contributed by atoms with Gasteiger partial charge in [-0.05, 0) is 5.56 Å². The zero-order valence-corrected chi connectivity index (χ0v) is 8.80. The molecule has 0 saturated carbocycles. The Hall–Kier alpha value is -1.59. The number of carbonyl (C=O) groups excluding carboxylic acids is 1. The van der Waals surface area contributed by atoms with Gasteiger partial charge in [-0.15, -0.1) is 0 Å². The van der Waals surface area contributed by atoms with E-state index in [-0.39, 0.29) is 19.8 Å². The van der Waals surface area contributed by atoms with Crippen LogP contribution in [0.2, 0.25) is 0 Å². The fourth-order valence-corrected chi connectivity index (χ4v) is 1.16. The number of carbonyl (C=O) groups is 1. The normalized spacial score (nSPS) is 11.9. The van der Waals surface area contributed by atoms with Crippen LogP contribution in [0.4, 0.5) is 4.79 Å². The Balaban J connectivity index is 2.30. The lowest BCUT2D eigenvalue weighted by molar-refractivity contribution is 0.111. The average molecular weight is 225 g/mol. The van der Waals surface area contributed by atoms with Crippen LogP contribution in [0.15, 0.2) is 30.3 Å². The van der Waals surface area contributed by atoms with Crippen LogP contribution in [0.25, 0.3) is 0 Å². The summed E-state index contributed by atoms with van der Waals surface area (Å²) in [7, 11) is 0. The first-order chi connectivity index (χ1) is 7.74. The summed E-state index contributed by atoms with van der Waals surface area (Å²) in [6.45, 7) is -0.184. The van der Waals surface area contributed by atoms with Crippen molar-refractivity contribution >= 4 is 6.09 Å². The van der Waals surface area contributed by atoms with Crippen LogP contribution in [-0.2, 0) is 4.74 Å². The van der Waals surface area contributed by atoms with E-state index in [0.29, 0.717) is 0 Å². The predicted molar refractivity (Wildman–Crippen MR) is 57.8 cm³/mol. The molecule has 0 bridgehead atoms. The predicted octanol–water partition coefficient (Wildman–Crippen LogP) is 0.438. The molecule has 1 amide bonds. The van der Waals surface area contributed by atoms with E-state index in [4.69, 9.17) is 5.11 Å². The summed E-state index contributed by atoms with van der Waals surface area (Å²) in [4.78, 5) is 11.0. The summed E-state index contributed by atoms with van der Waals surface area (Å²) in [5.74, 6) is 0. The molecule has 5 heteroatoms. The number of rotatable bonds is 5. The number of aliphatic hydroxyl groups excluding tert-OH is 2. The Bertz CT molecular complexity index is 315. The third-order valence-electron chi connectivity index (χ3n) is 1.95. The number of hydrogen-bond acceptors (Lipinski definition) is 4. The van der Waals surface area contributed by atoms with E-state index in [9.17, 15) is 9.90 Å². The molecule has 1 rings (SSSR count). The minimum absolute atomic E-state index is 0.0483. The summed E-state index contributed by atoms with van der Waals surface area (Å²) in [6, 6.07) is 9.00. The topological polar surface area (TPSA) is 78.8 Å². The monoisotopic (exact) mass is 225 g/mol. The molecule has 1 aromatic rings. The minimum atomic E-state index is -0.761. The molecule has 3 N–H and O–H groups in total. The molecule has 88 valence electrons. The second kappa shape index (κ2) is 6.81. The van der Waals surface area contributed by atoms with Crippen LogP contribution in [0.5, 0.6) is 0 Å². The lowest BCUT2D eigenvalue weighted by Crippen LogP contribution is -2.29. The summed E-state index contributed by atoms with van der Waals surface area (Å²) in [5.41, 5.74) is 0.727. The molecule has 0 aromatic heterocycles. The number of alkyl carbamates (subject to hydrolysis) is 1. The van der Waals surface area contributed by atoms with Crippen molar-refractivity contribution in [3.63, 3.8) is 0 Å². The van der Waals surface area contributed by atoms with Crippen LogP contribution >= 0.6 is 0 Å². The maximum absolute atomic E-state index is 11.0. The van der Waals surface area contributed by atoms with Crippen LogP contribution in [-0.4, -0.2) is 36.1 Å². The maximum atomic E-state index is 11.0. The molecule has 0 aliphatic heterocycles. The third kappa shape index (κ3) is 4.29. The van der Waals surface area contributed by atoms with Crippen molar-refractivity contribution in [2.75, 3.05) is 19.8 Å². The van der Waals surface area contributed by atoms with Crippen molar-refractivity contribution in [2.45, 2.75) is 6.10 Å². The van der Waals surface area contributed by atoms with Crippen LogP contribution in [0, 0.1) is 0 Å². The Morgan fingerprint density at radius 3 is 2.69 bits per heavy atom. The molecule has 0 spiro atoms. The molecule has 1 atom stereocenters. The van der Waals surface area contributed by atoms with Gasteiger partial charge in [0, 0.05) is 0 Å². The van der Waals surface area contributed by atoms with E-state index in [2.05, 4.69) is 10.1 Å². The molecular formula is C11H15NO4. The van der Waals surface area contributed by atoms with Crippen molar-refractivity contribution in [3.05, 3.63) is 35.9 Å². The molecule has 1 aromatic carbocycles. The van der Waals surface area contributed by atoms with Gasteiger partial charge in [0.05, 0.1) is 19.3 Å². The van der Waals surface area contributed by atoms with Crippen molar-refractivity contribution in [1.29, 1.82) is 0 Å². The summed E-state index contributed by atoms with van der Waals surface area (Å²) in [6.07, 6.45) is -1.41. The van der Waals surface area contributed by atoms with Crippen molar-refractivity contribution < 1.29 is 19.7 Å². The Kier molecular flexibility index (Phi) is 5.31. The lowest BCUT2D eigenvalue weighted by atomic mass is 10.1. The van der Waals surface area contributed by atoms with Gasteiger partial charge in [0.15, 0.2) is 0 Å². The second-order valence-corrected chi connectivity index (χ2v) is 3.17. The van der Waals surface area contributed by atoms with Gasteiger partial charge in [0.2, 0.25) is 0 Å². The first-order valence-electron chi connectivity index (χ1n) is 4.98. The van der Waals surface area contributed by atoms with E-state index < -0.39 is 12.2 Å². The largest absolute Gasteiger partial charge is 0.447 e. The SMILES string of the molecule is O=C(NCC(O)c1ccccc1)OCCO.